The molecule has 0 unspecified atom stereocenters. The molecule has 3 fully saturated rings. The van der Waals surface area contributed by atoms with Gasteiger partial charge in [-0.25, -0.2) is 13.1 Å². The van der Waals surface area contributed by atoms with Gasteiger partial charge in [0, 0.05) is 37.3 Å². The molecular formula is C29H32N4O5S. The summed E-state index contributed by atoms with van der Waals surface area (Å²) >= 11 is 0. The SMILES string of the molecule is Cc1ccc2c(c1)S(=O)(=O)Cc1c(C(=O)N3CCO[C@@H]4CC[C@@H]43)nn(-c3ccc(CN4CCOCC4)cc3)c1-2. The second-order valence-corrected chi connectivity index (χ2v) is 12.9. The Kier molecular flexibility index (Phi) is 6.11. The molecule has 2 atom stereocenters. The van der Waals surface area contributed by atoms with Crippen LogP contribution in [0.3, 0.4) is 0 Å². The van der Waals surface area contributed by atoms with E-state index in [1.165, 1.54) is 5.56 Å². The number of ether oxygens (including phenoxy) is 2. The lowest BCUT2D eigenvalue weighted by Gasteiger charge is -2.47. The molecule has 3 aromatic rings. The molecule has 4 heterocycles. The van der Waals surface area contributed by atoms with Crippen LogP contribution >= 0.6 is 0 Å². The Hall–Kier alpha value is -3.05. The summed E-state index contributed by atoms with van der Waals surface area (Å²) in [6, 6.07) is 13.7. The number of carbonyl (C=O) groups excluding carboxylic acids is 1. The topological polar surface area (TPSA) is 94.0 Å². The Morgan fingerprint density at radius 3 is 2.56 bits per heavy atom. The maximum absolute atomic E-state index is 13.9. The quantitative estimate of drug-likeness (QED) is 0.495. The van der Waals surface area contributed by atoms with Crippen molar-refractivity contribution in [3.05, 3.63) is 64.8 Å². The van der Waals surface area contributed by atoms with E-state index in [0.717, 1.165) is 56.9 Å². The van der Waals surface area contributed by atoms with Gasteiger partial charge in [0.15, 0.2) is 15.5 Å². The van der Waals surface area contributed by atoms with Gasteiger partial charge in [0.25, 0.3) is 5.91 Å². The maximum atomic E-state index is 13.9. The average molecular weight is 549 g/mol. The molecule has 39 heavy (non-hydrogen) atoms. The molecule has 1 aliphatic carbocycles. The summed E-state index contributed by atoms with van der Waals surface area (Å²) in [5.41, 5.74) is 4.84. The van der Waals surface area contributed by atoms with Crippen LogP contribution < -0.4 is 0 Å². The third-order valence-corrected chi connectivity index (χ3v) is 10.1. The van der Waals surface area contributed by atoms with Gasteiger partial charge in [-0.1, -0.05) is 24.3 Å². The summed E-state index contributed by atoms with van der Waals surface area (Å²) in [6.45, 7) is 7.02. The zero-order chi connectivity index (χ0) is 26.7. The standard InChI is InChI=1S/C29H32N4O5S/c1-19-2-7-22-26(16-19)39(35,36)18-23-27(29(34)32-12-15-38-25-9-8-24(25)32)30-33(28(22)23)21-5-3-20(4-6-21)17-31-10-13-37-14-11-31/h2-7,16,24-25H,8-15,17-18H2,1H3/t24-,25+/m0/s1. The first-order valence-corrected chi connectivity index (χ1v) is 15.3. The minimum Gasteiger partial charge on any atom is -0.379 e. The van der Waals surface area contributed by atoms with Crippen molar-refractivity contribution in [2.45, 2.75) is 49.1 Å². The number of fused-ring (bicyclic) bond motifs is 4. The molecule has 2 aromatic carbocycles. The molecule has 0 spiro atoms. The molecule has 0 bridgehead atoms. The molecule has 1 saturated carbocycles. The molecule has 3 aliphatic heterocycles. The summed E-state index contributed by atoms with van der Waals surface area (Å²) < 4.78 is 39.9. The number of morpholine rings is 2. The second kappa shape index (κ2) is 9.55. The third-order valence-electron chi connectivity index (χ3n) is 8.44. The van der Waals surface area contributed by atoms with Crippen LogP contribution in [-0.4, -0.2) is 85.5 Å². The highest BCUT2D eigenvalue weighted by molar-refractivity contribution is 7.90. The lowest BCUT2D eigenvalue weighted by Crippen LogP contribution is -2.59. The fourth-order valence-corrected chi connectivity index (χ4v) is 7.87. The van der Waals surface area contributed by atoms with Crippen molar-refractivity contribution in [1.29, 1.82) is 0 Å². The average Bonchev–Trinajstić information content (AvgIpc) is 3.28. The Morgan fingerprint density at radius 1 is 1.03 bits per heavy atom. The number of amides is 1. The highest BCUT2D eigenvalue weighted by Crippen LogP contribution is 2.42. The highest BCUT2D eigenvalue weighted by Gasteiger charge is 2.44. The summed E-state index contributed by atoms with van der Waals surface area (Å²) in [5.74, 6) is -0.453. The van der Waals surface area contributed by atoms with Crippen LogP contribution in [0.15, 0.2) is 47.4 Å². The van der Waals surface area contributed by atoms with E-state index in [-0.39, 0.29) is 29.5 Å². The lowest BCUT2D eigenvalue weighted by molar-refractivity contribution is -0.106. The van der Waals surface area contributed by atoms with Gasteiger partial charge in [0.2, 0.25) is 0 Å². The number of benzene rings is 2. The summed E-state index contributed by atoms with van der Waals surface area (Å²) in [4.78, 5) is 18.4. The van der Waals surface area contributed by atoms with Gasteiger partial charge in [0.05, 0.1) is 54.0 Å². The first-order valence-electron chi connectivity index (χ1n) is 13.7. The van der Waals surface area contributed by atoms with E-state index in [0.29, 0.717) is 34.9 Å². The molecule has 4 aliphatic rings. The number of hydrogen-bond acceptors (Lipinski definition) is 7. The van der Waals surface area contributed by atoms with Crippen molar-refractivity contribution in [3.8, 4) is 16.9 Å². The Balaban J connectivity index is 1.32. The predicted molar refractivity (Wildman–Crippen MR) is 145 cm³/mol. The van der Waals surface area contributed by atoms with E-state index in [4.69, 9.17) is 14.6 Å². The van der Waals surface area contributed by atoms with E-state index in [9.17, 15) is 13.2 Å². The van der Waals surface area contributed by atoms with Crippen LogP contribution in [0.4, 0.5) is 0 Å². The Morgan fingerprint density at radius 2 is 1.82 bits per heavy atom. The van der Waals surface area contributed by atoms with Gasteiger partial charge in [-0.15, -0.1) is 0 Å². The Bertz CT molecular complexity index is 1540. The molecule has 0 N–H and O–H groups in total. The molecule has 2 saturated heterocycles. The smallest absolute Gasteiger partial charge is 0.275 e. The lowest BCUT2D eigenvalue weighted by atomic mass is 9.86. The maximum Gasteiger partial charge on any atom is 0.275 e. The van der Waals surface area contributed by atoms with Crippen LogP contribution in [-0.2, 0) is 31.6 Å². The highest BCUT2D eigenvalue weighted by atomic mass is 32.2. The number of aryl methyl sites for hydroxylation is 1. The zero-order valence-corrected chi connectivity index (χ0v) is 22.8. The second-order valence-electron chi connectivity index (χ2n) is 11.0. The minimum absolute atomic E-state index is 0.0293. The van der Waals surface area contributed by atoms with Crippen LogP contribution in [0.1, 0.15) is 40.0 Å². The number of sulfone groups is 1. The fourth-order valence-electron chi connectivity index (χ4n) is 6.19. The number of carbonyl (C=O) groups is 1. The molecule has 1 amide bonds. The van der Waals surface area contributed by atoms with Crippen LogP contribution in [0, 0.1) is 6.92 Å². The van der Waals surface area contributed by atoms with Gasteiger partial charge >= 0.3 is 0 Å². The molecule has 204 valence electrons. The van der Waals surface area contributed by atoms with Crippen LogP contribution in [0.5, 0.6) is 0 Å². The molecular weight excluding hydrogens is 516 g/mol. The molecule has 9 nitrogen and oxygen atoms in total. The fraction of sp³-hybridized carbons (Fsp3) is 0.448. The molecule has 1 aromatic heterocycles. The van der Waals surface area contributed by atoms with Gasteiger partial charge < -0.3 is 14.4 Å². The largest absolute Gasteiger partial charge is 0.379 e. The predicted octanol–water partition coefficient (Wildman–Crippen LogP) is 2.97. The number of aromatic nitrogens is 2. The van der Waals surface area contributed by atoms with Crippen molar-refractivity contribution in [2.75, 3.05) is 39.5 Å². The van der Waals surface area contributed by atoms with Crippen molar-refractivity contribution >= 4 is 15.7 Å². The zero-order valence-electron chi connectivity index (χ0n) is 22.0. The van der Waals surface area contributed by atoms with Gasteiger partial charge in [0.1, 0.15) is 0 Å². The number of hydrogen-bond donors (Lipinski definition) is 0. The number of rotatable bonds is 4. The van der Waals surface area contributed by atoms with E-state index >= 15 is 0 Å². The van der Waals surface area contributed by atoms with Crippen molar-refractivity contribution in [1.82, 2.24) is 19.6 Å². The molecule has 0 radical (unpaired) electrons. The summed E-state index contributed by atoms with van der Waals surface area (Å²) in [6.07, 6.45) is 1.90. The first-order chi connectivity index (χ1) is 18.9. The van der Waals surface area contributed by atoms with Crippen molar-refractivity contribution in [2.24, 2.45) is 0 Å². The summed E-state index contributed by atoms with van der Waals surface area (Å²) in [7, 11) is -3.63. The van der Waals surface area contributed by atoms with Gasteiger partial charge in [-0.3, -0.25) is 9.69 Å². The first kappa shape index (κ1) is 25.0. The van der Waals surface area contributed by atoms with E-state index in [2.05, 4.69) is 17.0 Å². The number of nitrogens with zero attached hydrogens (tertiary/aromatic N) is 4. The molecule has 10 heteroatoms. The van der Waals surface area contributed by atoms with E-state index in [1.807, 2.05) is 36.1 Å². The molecule has 7 rings (SSSR count). The minimum atomic E-state index is -3.63. The monoisotopic (exact) mass is 548 g/mol. The van der Waals surface area contributed by atoms with Gasteiger partial charge in [-0.2, -0.15) is 5.10 Å². The van der Waals surface area contributed by atoms with E-state index < -0.39 is 9.84 Å². The van der Waals surface area contributed by atoms with Crippen LogP contribution in [0.2, 0.25) is 0 Å². The Labute approximate surface area is 228 Å². The van der Waals surface area contributed by atoms with Crippen molar-refractivity contribution < 1.29 is 22.7 Å². The van der Waals surface area contributed by atoms with Crippen molar-refractivity contribution in [3.63, 3.8) is 0 Å². The third kappa shape index (κ3) is 4.30. The van der Waals surface area contributed by atoms with Crippen LogP contribution in [0.25, 0.3) is 16.9 Å². The van der Waals surface area contributed by atoms with E-state index in [1.54, 1.807) is 10.7 Å². The normalized spacial score (nSPS) is 23.9. The van der Waals surface area contributed by atoms with Gasteiger partial charge in [-0.05, 0) is 49.1 Å². The summed E-state index contributed by atoms with van der Waals surface area (Å²) in [5, 5.41) is 4.85.